The van der Waals surface area contributed by atoms with Crippen molar-refractivity contribution in [2.24, 2.45) is 5.92 Å². The van der Waals surface area contributed by atoms with Crippen molar-refractivity contribution in [1.82, 2.24) is 36.5 Å². The van der Waals surface area contributed by atoms with E-state index in [9.17, 15) is 28.8 Å². The van der Waals surface area contributed by atoms with Gasteiger partial charge in [0, 0.05) is 25.6 Å². The molecule has 1 fully saturated rings. The Morgan fingerprint density at radius 3 is 2.27 bits per heavy atom. The van der Waals surface area contributed by atoms with Gasteiger partial charge in [0.25, 0.3) is 0 Å². The predicted molar refractivity (Wildman–Crippen MR) is 189 cm³/mol. The lowest BCUT2D eigenvalue weighted by atomic mass is 10.0. The first-order chi connectivity index (χ1) is 24.3. The van der Waals surface area contributed by atoms with Gasteiger partial charge in [0.15, 0.2) is 0 Å². The fourth-order valence-electron chi connectivity index (χ4n) is 5.62. The Bertz CT molecular complexity index is 1690. The number of likely N-dealkylation sites (N-methyl/N-ethyl adjacent to an activating group) is 1. The van der Waals surface area contributed by atoms with Crippen LogP contribution in [0, 0.1) is 12.8 Å². The van der Waals surface area contributed by atoms with Gasteiger partial charge >= 0.3 is 0 Å². The number of hydrogen-bond donors (Lipinski definition) is 5. The third-order valence-corrected chi connectivity index (χ3v) is 8.54. The van der Waals surface area contributed by atoms with Crippen LogP contribution in [0.3, 0.4) is 0 Å². The van der Waals surface area contributed by atoms with E-state index in [1.165, 1.54) is 18.9 Å². The monoisotopic (exact) mass is 701 g/mol. The Morgan fingerprint density at radius 2 is 1.61 bits per heavy atom. The molecule has 14 heteroatoms. The van der Waals surface area contributed by atoms with Crippen molar-refractivity contribution in [2.45, 2.75) is 77.5 Å². The van der Waals surface area contributed by atoms with E-state index in [-0.39, 0.29) is 38.3 Å². The van der Waals surface area contributed by atoms with Gasteiger partial charge in [-0.15, -0.1) is 0 Å². The Kier molecular flexibility index (Phi) is 13.5. The van der Waals surface area contributed by atoms with E-state index >= 15 is 0 Å². The van der Waals surface area contributed by atoms with Crippen LogP contribution in [0.1, 0.15) is 50.6 Å². The fourth-order valence-corrected chi connectivity index (χ4v) is 5.62. The number of rotatable bonds is 7. The van der Waals surface area contributed by atoms with Crippen LogP contribution in [0.25, 0.3) is 11.5 Å². The largest absolute Gasteiger partial charge is 0.441 e. The quantitative estimate of drug-likeness (QED) is 0.244. The number of oxazole rings is 1. The molecule has 1 aromatic heterocycles. The van der Waals surface area contributed by atoms with E-state index in [0.717, 1.165) is 11.1 Å². The second kappa shape index (κ2) is 17.9. The number of aromatic nitrogens is 1. The van der Waals surface area contributed by atoms with Crippen molar-refractivity contribution in [3.05, 3.63) is 77.7 Å². The van der Waals surface area contributed by atoms with Gasteiger partial charge in [-0.3, -0.25) is 28.8 Å². The molecule has 1 saturated heterocycles. The average Bonchev–Trinajstić information content (AvgIpc) is 3.47. The van der Waals surface area contributed by atoms with Gasteiger partial charge in [-0.2, -0.15) is 0 Å². The van der Waals surface area contributed by atoms with Crippen LogP contribution in [-0.4, -0.2) is 89.6 Å². The lowest BCUT2D eigenvalue weighted by Crippen LogP contribution is -2.59. The first kappa shape index (κ1) is 38.3. The van der Waals surface area contributed by atoms with Gasteiger partial charge in [-0.1, -0.05) is 62.4 Å². The molecule has 272 valence electrons. The molecule has 0 spiro atoms. The molecular formula is C37H47N7O7. The zero-order valence-corrected chi connectivity index (χ0v) is 29.7. The van der Waals surface area contributed by atoms with Crippen LogP contribution < -0.4 is 26.6 Å². The summed E-state index contributed by atoms with van der Waals surface area (Å²) in [5.41, 5.74) is 1.96. The summed E-state index contributed by atoms with van der Waals surface area (Å²) in [6.45, 7) is 6.54. The highest BCUT2D eigenvalue weighted by Gasteiger charge is 2.32. The highest BCUT2D eigenvalue weighted by molar-refractivity contribution is 5.96. The molecule has 6 amide bonds. The lowest BCUT2D eigenvalue weighted by molar-refractivity contribution is -0.139. The maximum atomic E-state index is 13.7. The second-order valence-corrected chi connectivity index (χ2v) is 13.1. The molecule has 0 aliphatic carbocycles. The summed E-state index contributed by atoms with van der Waals surface area (Å²) in [6.07, 6.45) is 0.435. The van der Waals surface area contributed by atoms with Crippen LogP contribution in [0.5, 0.6) is 0 Å². The third-order valence-electron chi connectivity index (χ3n) is 8.54. The molecule has 5 N–H and O–H groups in total. The minimum Gasteiger partial charge on any atom is -0.441 e. The molecule has 0 bridgehead atoms. The zero-order chi connectivity index (χ0) is 37.1. The maximum Gasteiger partial charge on any atom is 0.245 e. The van der Waals surface area contributed by atoms with Crippen molar-refractivity contribution in [1.29, 1.82) is 0 Å². The summed E-state index contributed by atoms with van der Waals surface area (Å²) in [4.78, 5) is 85.8. The van der Waals surface area contributed by atoms with E-state index in [4.69, 9.17) is 4.42 Å². The minimum absolute atomic E-state index is 0.129. The molecule has 2 heterocycles. The number of benzene rings is 2. The van der Waals surface area contributed by atoms with Crippen molar-refractivity contribution in [2.75, 3.05) is 20.1 Å². The molecular weight excluding hydrogens is 654 g/mol. The Hall–Kier alpha value is -5.53. The number of carbonyl (C=O) groups excluding carboxylic acids is 6. The summed E-state index contributed by atoms with van der Waals surface area (Å²) in [7, 11) is 1.47. The Morgan fingerprint density at radius 1 is 0.941 bits per heavy atom. The van der Waals surface area contributed by atoms with Crippen LogP contribution in [0.2, 0.25) is 0 Å². The number of amides is 6. The first-order valence-corrected chi connectivity index (χ1v) is 17.1. The molecule has 51 heavy (non-hydrogen) atoms. The number of nitrogens with zero attached hydrogens (tertiary/aromatic N) is 2. The van der Waals surface area contributed by atoms with Crippen LogP contribution in [0.4, 0.5) is 0 Å². The van der Waals surface area contributed by atoms with Crippen molar-refractivity contribution in [3.63, 3.8) is 0 Å². The Balaban J connectivity index is 1.51. The predicted octanol–water partition coefficient (Wildman–Crippen LogP) is 1.42. The molecule has 3 aromatic rings. The van der Waals surface area contributed by atoms with E-state index in [2.05, 4.69) is 31.6 Å². The molecule has 0 radical (unpaired) electrons. The second-order valence-electron chi connectivity index (χ2n) is 13.1. The number of aryl methyl sites for hydroxylation is 1. The Labute approximate surface area is 297 Å². The van der Waals surface area contributed by atoms with E-state index in [1.54, 1.807) is 20.8 Å². The highest BCUT2D eigenvalue weighted by atomic mass is 16.4. The number of hydrogen-bond acceptors (Lipinski definition) is 8. The number of carbonyl (C=O) groups is 6. The van der Waals surface area contributed by atoms with Gasteiger partial charge in [-0.25, -0.2) is 4.98 Å². The molecule has 4 rings (SSSR count). The summed E-state index contributed by atoms with van der Waals surface area (Å²) >= 11 is 0. The number of nitrogens with one attached hydrogen (secondary N) is 5. The standard InChI is InChI=1S/C37H47N7O7/c1-22(2)32-35(49)39-23(3)33(47)41-29(19-25-13-8-6-9-14-25)37(50)44(5)21-31(46)38-18-12-17-27(34(48)43-32)40-30(45)20-28-24(4)51-36(42-28)26-15-10-7-11-16-26/h6-11,13-16,22-23,27,29,32H,12,17-21H2,1-5H3,(H,38,46)(H,39,49)(H,40,45)(H,41,47)(H,43,48)/t23-,27+,29+,32-/m1/s1. The molecule has 2 aromatic carbocycles. The van der Waals surface area contributed by atoms with Gasteiger partial charge in [-0.05, 0) is 50.3 Å². The van der Waals surface area contributed by atoms with E-state index in [0.29, 0.717) is 23.8 Å². The zero-order valence-electron chi connectivity index (χ0n) is 29.7. The average molecular weight is 702 g/mol. The van der Waals surface area contributed by atoms with Crippen LogP contribution in [-0.2, 0) is 41.6 Å². The van der Waals surface area contributed by atoms with Crippen molar-refractivity contribution >= 4 is 35.4 Å². The maximum absolute atomic E-state index is 13.7. The fraction of sp³-hybridized carbons (Fsp3) is 0.432. The van der Waals surface area contributed by atoms with Crippen molar-refractivity contribution < 1.29 is 33.2 Å². The normalized spacial score (nSPS) is 21.5. The highest BCUT2D eigenvalue weighted by Crippen LogP contribution is 2.21. The molecule has 1 aliphatic rings. The van der Waals surface area contributed by atoms with E-state index in [1.807, 2.05) is 60.7 Å². The third kappa shape index (κ3) is 11.0. The lowest BCUT2D eigenvalue weighted by Gasteiger charge is -2.28. The first-order valence-electron chi connectivity index (χ1n) is 17.1. The van der Waals surface area contributed by atoms with Gasteiger partial charge < -0.3 is 35.9 Å². The summed E-state index contributed by atoms with van der Waals surface area (Å²) in [6, 6.07) is 14.2. The summed E-state index contributed by atoms with van der Waals surface area (Å²) in [5.74, 6) is -2.77. The topological polar surface area (TPSA) is 192 Å². The molecule has 14 nitrogen and oxygen atoms in total. The molecule has 0 unspecified atom stereocenters. The van der Waals surface area contributed by atoms with Crippen molar-refractivity contribution in [3.8, 4) is 11.5 Å². The van der Waals surface area contributed by atoms with Crippen LogP contribution in [0.15, 0.2) is 65.1 Å². The molecule has 4 atom stereocenters. The smallest absolute Gasteiger partial charge is 0.245 e. The molecule has 0 saturated carbocycles. The van der Waals surface area contributed by atoms with Gasteiger partial charge in [0.2, 0.25) is 41.3 Å². The summed E-state index contributed by atoms with van der Waals surface area (Å²) in [5, 5.41) is 13.6. The summed E-state index contributed by atoms with van der Waals surface area (Å²) < 4.78 is 5.78. The van der Waals surface area contributed by atoms with Crippen LogP contribution >= 0.6 is 0 Å². The minimum atomic E-state index is -1.07. The molecule has 1 aliphatic heterocycles. The van der Waals surface area contributed by atoms with Gasteiger partial charge in [0.05, 0.1) is 18.7 Å². The van der Waals surface area contributed by atoms with Gasteiger partial charge in [0.1, 0.15) is 29.9 Å². The SMILES string of the molecule is Cc1oc(-c2ccccc2)nc1CC(=O)N[C@H]1CCCNC(=O)CN(C)C(=O)[C@H](Cc2ccccc2)NC(=O)[C@@H](C)NC(=O)[C@@H](C(C)C)NC1=O. The van der Waals surface area contributed by atoms with E-state index < -0.39 is 59.6 Å².